The number of hydrogen-bond donors (Lipinski definition) is 1. The number of hydrogen-bond acceptors (Lipinski definition) is 2. The van der Waals surface area contributed by atoms with Crippen LogP contribution in [0.1, 0.15) is 35.4 Å². The minimum Gasteiger partial charge on any atom is -0.316 e. The van der Waals surface area contributed by atoms with E-state index in [1.165, 1.54) is 36.1 Å². The molecule has 1 unspecified atom stereocenters. The highest BCUT2D eigenvalue weighted by molar-refractivity contribution is 5.33. The van der Waals surface area contributed by atoms with Crippen molar-refractivity contribution in [1.82, 2.24) is 10.3 Å². The van der Waals surface area contributed by atoms with Crippen molar-refractivity contribution in [2.24, 2.45) is 0 Å². The Hall–Kier alpha value is -0.890. The molecular weight excluding hydrogens is 172 g/mol. The first-order valence-corrected chi connectivity index (χ1v) is 5.41. The molecule has 2 heterocycles. The zero-order valence-corrected chi connectivity index (χ0v) is 9.01. The Kier molecular flexibility index (Phi) is 2.82. The summed E-state index contributed by atoms with van der Waals surface area (Å²) in [5, 5.41) is 3.47. The van der Waals surface area contributed by atoms with Gasteiger partial charge in [-0.1, -0.05) is 0 Å². The summed E-state index contributed by atoms with van der Waals surface area (Å²) in [5.41, 5.74) is 4.21. The molecule has 1 saturated heterocycles. The van der Waals surface area contributed by atoms with Gasteiger partial charge >= 0.3 is 0 Å². The van der Waals surface area contributed by atoms with Gasteiger partial charge in [0.25, 0.3) is 0 Å². The molecule has 1 aliphatic rings. The summed E-state index contributed by atoms with van der Waals surface area (Å²) in [5.74, 6) is 0.701. The second-order valence-corrected chi connectivity index (χ2v) is 4.23. The minimum atomic E-state index is 0.701. The molecule has 2 nitrogen and oxygen atoms in total. The number of rotatable bonds is 1. The van der Waals surface area contributed by atoms with Gasteiger partial charge in [0.05, 0.1) is 0 Å². The van der Waals surface area contributed by atoms with Gasteiger partial charge in [-0.05, 0) is 55.8 Å². The van der Waals surface area contributed by atoms with Gasteiger partial charge in [-0.15, -0.1) is 0 Å². The maximum absolute atomic E-state index is 4.22. The first-order chi connectivity index (χ1) is 6.79. The van der Waals surface area contributed by atoms with Crippen LogP contribution in [-0.4, -0.2) is 18.1 Å². The number of piperidine rings is 1. The monoisotopic (exact) mass is 190 g/mol. The lowest BCUT2D eigenvalue weighted by Gasteiger charge is -2.25. The van der Waals surface area contributed by atoms with Crippen LogP contribution >= 0.6 is 0 Å². The summed E-state index contributed by atoms with van der Waals surface area (Å²) in [7, 11) is 0. The van der Waals surface area contributed by atoms with E-state index in [4.69, 9.17) is 0 Å². The summed E-state index contributed by atoms with van der Waals surface area (Å²) in [4.78, 5) is 4.22. The third-order valence-electron chi connectivity index (χ3n) is 3.09. The molecular formula is C12H18N2. The standard InChI is InChI=1S/C12H18N2/c1-9-6-14-7-10(2)12(9)11-4-3-5-13-8-11/h6-7,11,13H,3-5,8H2,1-2H3. The van der Waals surface area contributed by atoms with Crippen LogP contribution in [0.3, 0.4) is 0 Å². The summed E-state index contributed by atoms with van der Waals surface area (Å²) >= 11 is 0. The Bertz CT molecular complexity index is 294. The van der Waals surface area contributed by atoms with Crippen LogP contribution in [0, 0.1) is 13.8 Å². The zero-order valence-electron chi connectivity index (χ0n) is 9.01. The molecule has 1 aromatic heterocycles. The van der Waals surface area contributed by atoms with Gasteiger partial charge in [-0.25, -0.2) is 0 Å². The Labute approximate surface area is 85.7 Å². The Balaban J connectivity index is 2.29. The van der Waals surface area contributed by atoms with Crippen molar-refractivity contribution in [2.45, 2.75) is 32.6 Å². The maximum atomic E-state index is 4.22. The lowest BCUT2D eigenvalue weighted by molar-refractivity contribution is 0.459. The minimum absolute atomic E-state index is 0.701. The number of aryl methyl sites for hydroxylation is 2. The molecule has 1 fully saturated rings. The molecule has 1 aromatic rings. The van der Waals surface area contributed by atoms with Crippen LogP contribution in [0.25, 0.3) is 0 Å². The van der Waals surface area contributed by atoms with E-state index < -0.39 is 0 Å². The van der Waals surface area contributed by atoms with Crippen LogP contribution in [0.15, 0.2) is 12.4 Å². The highest BCUT2D eigenvalue weighted by Crippen LogP contribution is 2.27. The molecule has 0 saturated carbocycles. The predicted molar refractivity (Wildman–Crippen MR) is 58.6 cm³/mol. The topological polar surface area (TPSA) is 24.9 Å². The Morgan fingerprint density at radius 1 is 1.29 bits per heavy atom. The van der Waals surface area contributed by atoms with Crippen LogP contribution in [0.2, 0.25) is 0 Å². The zero-order chi connectivity index (χ0) is 9.97. The van der Waals surface area contributed by atoms with E-state index in [2.05, 4.69) is 24.1 Å². The van der Waals surface area contributed by atoms with Crippen molar-refractivity contribution in [1.29, 1.82) is 0 Å². The molecule has 76 valence electrons. The van der Waals surface area contributed by atoms with Gasteiger partial charge < -0.3 is 5.32 Å². The van der Waals surface area contributed by atoms with Crippen molar-refractivity contribution >= 4 is 0 Å². The van der Waals surface area contributed by atoms with Crippen LogP contribution in [0.5, 0.6) is 0 Å². The number of nitrogens with one attached hydrogen (secondary N) is 1. The second-order valence-electron chi connectivity index (χ2n) is 4.23. The SMILES string of the molecule is Cc1cncc(C)c1C1CCCNC1. The predicted octanol–water partition coefficient (Wildman–Crippen LogP) is 2.17. The van der Waals surface area contributed by atoms with Crippen molar-refractivity contribution in [3.8, 4) is 0 Å². The quantitative estimate of drug-likeness (QED) is 0.734. The van der Waals surface area contributed by atoms with E-state index in [0.717, 1.165) is 6.54 Å². The number of nitrogens with zero attached hydrogens (tertiary/aromatic N) is 1. The summed E-state index contributed by atoms with van der Waals surface area (Å²) in [6, 6.07) is 0. The van der Waals surface area contributed by atoms with Gasteiger partial charge in [-0.2, -0.15) is 0 Å². The molecule has 0 aliphatic carbocycles. The van der Waals surface area contributed by atoms with Gasteiger partial charge in [0, 0.05) is 18.9 Å². The average Bonchev–Trinajstić information content (AvgIpc) is 2.19. The van der Waals surface area contributed by atoms with E-state index in [9.17, 15) is 0 Å². The fraction of sp³-hybridized carbons (Fsp3) is 0.583. The normalized spacial score (nSPS) is 22.3. The van der Waals surface area contributed by atoms with E-state index in [-0.39, 0.29) is 0 Å². The van der Waals surface area contributed by atoms with Crippen molar-refractivity contribution < 1.29 is 0 Å². The summed E-state index contributed by atoms with van der Waals surface area (Å²) in [6.07, 6.45) is 6.58. The largest absolute Gasteiger partial charge is 0.316 e. The molecule has 2 rings (SSSR count). The fourth-order valence-corrected chi connectivity index (χ4v) is 2.45. The van der Waals surface area contributed by atoms with Gasteiger partial charge in [0.1, 0.15) is 0 Å². The molecule has 1 aliphatic heterocycles. The second kappa shape index (κ2) is 4.09. The fourth-order valence-electron chi connectivity index (χ4n) is 2.45. The average molecular weight is 190 g/mol. The highest BCUT2D eigenvalue weighted by Gasteiger charge is 2.18. The van der Waals surface area contributed by atoms with E-state index in [0.29, 0.717) is 5.92 Å². The van der Waals surface area contributed by atoms with Gasteiger partial charge in [-0.3, -0.25) is 4.98 Å². The maximum Gasteiger partial charge on any atom is 0.0300 e. The van der Waals surface area contributed by atoms with Crippen LogP contribution in [0.4, 0.5) is 0 Å². The van der Waals surface area contributed by atoms with Crippen LogP contribution < -0.4 is 5.32 Å². The number of aromatic nitrogens is 1. The molecule has 0 bridgehead atoms. The molecule has 1 N–H and O–H groups in total. The first-order valence-electron chi connectivity index (χ1n) is 5.41. The highest BCUT2D eigenvalue weighted by atomic mass is 14.9. The molecule has 2 heteroatoms. The lowest BCUT2D eigenvalue weighted by Crippen LogP contribution is -2.29. The smallest absolute Gasteiger partial charge is 0.0300 e. The van der Waals surface area contributed by atoms with E-state index >= 15 is 0 Å². The van der Waals surface area contributed by atoms with E-state index in [1.807, 2.05) is 12.4 Å². The third-order valence-corrected chi connectivity index (χ3v) is 3.09. The molecule has 0 radical (unpaired) electrons. The van der Waals surface area contributed by atoms with Crippen molar-refractivity contribution in [3.63, 3.8) is 0 Å². The first kappa shape index (κ1) is 9.66. The summed E-state index contributed by atoms with van der Waals surface area (Å²) < 4.78 is 0. The van der Waals surface area contributed by atoms with Crippen LogP contribution in [-0.2, 0) is 0 Å². The molecule has 0 aromatic carbocycles. The van der Waals surface area contributed by atoms with Crippen molar-refractivity contribution in [2.75, 3.05) is 13.1 Å². The van der Waals surface area contributed by atoms with E-state index in [1.54, 1.807) is 0 Å². The Morgan fingerprint density at radius 2 is 2.00 bits per heavy atom. The third kappa shape index (κ3) is 1.80. The molecule has 0 spiro atoms. The molecule has 14 heavy (non-hydrogen) atoms. The Morgan fingerprint density at radius 3 is 2.57 bits per heavy atom. The molecule has 1 atom stereocenters. The van der Waals surface area contributed by atoms with Gasteiger partial charge in [0.2, 0.25) is 0 Å². The van der Waals surface area contributed by atoms with Gasteiger partial charge in [0.15, 0.2) is 0 Å². The van der Waals surface area contributed by atoms with Crippen molar-refractivity contribution in [3.05, 3.63) is 29.1 Å². The number of pyridine rings is 1. The molecule has 0 amide bonds. The summed E-state index contributed by atoms with van der Waals surface area (Å²) in [6.45, 7) is 6.65. The lowest BCUT2D eigenvalue weighted by atomic mass is 9.87.